The van der Waals surface area contributed by atoms with Gasteiger partial charge >= 0.3 is 6.09 Å². The lowest BCUT2D eigenvalue weighted by atomic mass is 9.99. The molecule has 5 nitrogen and oxygen atoms in total. The van der Waals surface area contributed by atoms with Crippen LogP contribution in [0.15, 0.2) is 84.4 Å². The van der Waals surface area contributed by atoms with Crippen LogP contribution in [0.1, 0.15) is 38.5 Å². The normalized spacial score (nSPS) is 12.7. The number of aromatic nitrogens is 1. The molecule has 1 unspecified atom stereocenters. The molecule has 0 saturated carbocycles. The molecule has 2 aromatic heterocycles. The van der Waals surface area contributed by atoms with Crippen LogP contribution in [0, 0.1) is 5.92 Å². The maximum atomic E-state index is 14.1. The Bertz CT molecular complexity index is 1390. The molecule has 2 heterocycles. The number of carbonyl (C=O) groups excluding carboxylic acids is 2. The van der Waals surface area contributed by atoms with Crippen molar-refractivity contribution in [1.82, 2.24) is 4.98 Å². The zero-order chi connectivity index (χ0) is 28.0. The van der Waals surface area contributed by atoms with E-state index in [1.54, 1.807) is 23.6 Å². The summed E-state index contributed by atoms with van der Waals surface area (Å²) in [5.74, 6) is -0.134. The van der Waals surface area contributed by atoms with Crippen molar-refractivity contribution in [3.63, 3.8) is 0 Å². The second kappa shape index (κ2) is 12.3. The largest absolute Gasteiger partial charge is 0.443 e. The van der Waals surface area contributed by atoms with Crippen molar-refractivity contribution in [2.24, 2.45) is 5.92 Å². The van der Waals surface area contributed by atoms with Crippen LogP contribution in [0.4, 0.5) is 10.5 Å². The number of imide groups is 1. The molecule has 0 bridgehead atoms. The van der Waals surface area contributed by atoms with Gasteiger partial charge in [-0.15, -0.1) is 11.3 Å². The molecule has 0 aliphatic rings. The third-order valence-corrected chi connectivity index (χ3v) is 11.3. The summed E-state index contributed by atoms with van der Waals surface area (Å²) >= 11 is 1.75. The van der Waals surface area contributed by atoms with E-state index in [1.165, 1.54) is 15.0 Å². The zero-order valence-corrected chi connectivity index (χ0v) is 25.3. The first-order valence-electron chi connectivity index (χ1n) is 13.5. The van der Waals surface area contributed by atoms with E-state index in [9.17, 15) is 9.59 Å². The van der Waals surface area contributed by atoms with Crippen molar-refractivity contribution in [2.75, 3.05) is 4.90 Å². The van der Waals surface area contributed by atoms with Crippen LogP contribution in [0.2, 0.25) is 19.1 Å². The average molecular weight is 559 g/mol. The van der Waals surface area contributed by atoms with Gasteiger partial charge in [-0.1, -0.05) is 78.9 Å². The molecular formula is C32H38N2O3SSi. The lowest BCUT2D eigenvalue weighted by molar-refractivity contribution is -0.119. The molecule has 0 saturated heterocycles. The van der Waals surface area contributed by atoms with Gasteiger partial charge in [0.15, 0.2) is 0 Å². The number of benzene rings is 2. The summed E-state index contributed by atoms with van der Waals surface area (Å²) in [6.07, 6.45) is 3.07. The number of amides is 2. The summed E-state index contributed by atoms with van der Waals surface area (Å²) in [6, 6.07) is 25.2. The highest BCUT2D eigenvalue weighted by atomic mass is 32.1. The zero-order valence-electron chi connectivity index (χ0n) is 23.5. The number of rotatable bonds is 9. The summed E-state index contributed by atoms with van der Waals surface area (Å²) in [5.41, 5.74) is 0.325. The fraction of sp³-hybridized carbons (Fsp3) is 0.344. The molecule has 4 rings (SSSR count). The van der Waals surface area contributed by atoms with Gasteiger partial charge in [0.1, 0.15) is 5.60 Å². The number of hydrogen-bond acceptors (Lipinski definition) is 5. The number of nitrogens with zero attached hydrogens (tertiary/aromatic N) is 2. The Labute approximate surface area is 236 Å². The minimum Gasteiger partial charge on any atom is -0.443 e. The highest BCUT2D eigenvalue weighted by Gasteiger charge is 2.34. The van der Waals surface area contributed by atoms with E-state index in [4.69, 9.17) is 4.74 Å². The average Bonchev–Trinajstić information content (AvgIpc) is 3.41. The molecular weight excluding hydrogens is 521 g/mol. The van der Waals surface area contributed by atoms with E-state index in [-0.39, 0.29) is 18.2 Å². The summed E-state index contributed by atoms with van der Waals surface area (Å²) in [4.78, 5) is 34.7. The highest BCUT2D eigenvalue weighted by molar-refractivity contribution is 7.09. The van der Waals surface area contributed by atoms with Gasteiger partial charge in [-0.25, -0.2) is 9.69 Å². The van der Waals surface area contributed by atoms with Crippen LogP contribution >= 0.6 is 11.3 Å². The first kappa shape index (κ1) is 28.7. The molecule has 39 heavy (non-hydrogen) atoms. The van der Waals surface area contributed by atoms with Crippen molar-refractivity contribution >= 4 is 53.2 Å². The lowest BCUT2D eigenvalue weighted by Crippen LogP contribution is -2.45. The highest BCUT2D eigenvalue weighted by Crippen LogP contribution is 2.31. The fourth-order valence-electron chi connectivity index (χ4n) is 5.06. The predicted octanol–water partition coefficient (Wildman–Crippen LogP) is 7.82. The van der Waals surface area contributed by atoms with Gasteiger partial charge in [-0.05, 0) is 63.1 Å². The Morgan fingerprint density at radius 3 is 2.41 bits per heavy atom. The van der Waals surface area contributed by atoms with Crippen molar-refractivity contribution in [1.29, 1.82) is 0 Å². The smallest absolute Gasteiger partial charge is 0.421 e. The predicted molar refractivity (Wildman–Crippen MR) is 165 cm³/mol. The minimum absolute atomic E-state index is 0.120. The van der Waals surface area contributed by atoms with E-state index in [0.717, 1.165) is 24.3 Å². The van der Waals surface area contributed by atoms with E-state index in [1.807, 2.05) is 51.1 Å². The molecule has 2 aromatic carbocycles. The second-order valence-electron chi connectivity index (χ2n) is 11.7. The van der Waals surface area contributed by atoms with Gasteiger partial charge in [0.25, 0.3) is 0 Å². The number of carbonyl (C=O) groups is 2. The number of ether oxygens (including phenoxy) is 1. The first-order valence-corrected chi connectivity index (χ1v) is 17.6. The standard InChI is InChI=1S/C32H38N2O3SSi/c1-32(2,3)37-31(36)34(28-17-9-12-25-13-10-20-33-30(25)28)29(35)22-24(18-19-26-14-11-21-38-26)23-39(4,5)27-15-7-6-8-16-27/h6-17,20-21,24H,18-19,22-23H2,1-5H3. The van der Waals surface area contributed by atoms with Crippen LogP contribution in [-0.4, -0.2) is 30.7 Å². The van der Waals surface area contributed by atoms with E-state index in [0.29, 0.717) is 11.2 Å². The van der Waals surface area contributed by atoms with Crippen LogP contribution < -0.4 is 10.1 Å². The van der Waals surface area contributed by atoms with Gasteiger partial charge in [0.2, 0.25) is 5.91 Å². The Balaban J connectivity index is 1.66. The fourth-order valence-corrected chi connectivity index (χ4v) is 8.90. The Morgan fingerprint density at radius 2 is 1.72 bits per heavy atom. The van der Waals surface area contributed by atoms with Crippen LogP contribution in [0.25, 0.3) is 10.9 Å². The maximum Gasteiger partial charge on any atom is 0.421 e. The first-order chi connectivity index (χ1) is 18.5. The van der Waals surface area contributed by atoms with Gasteiger partial charge in [-0.2, -0.15) is 0 Å². The topological polar surface area (TPSA) is 59.5 Å². The van der Waals surface area contributed by atoms with Crippen LogP contribution in [0.5, 0.6) is 0 Å². The number of hydrogen-bond donors (Lipinski definition) is 0. The quantitative estimate of drug-likeness (QED) is 0.197. The SMILES string of the molecule is CC(C)(C)OC(=O)N(C(=O)CC(CCc1cccs1)C[Si](C)(C)c1ccccc1)c1cccc2cccnc12. The van der Waals surface area contributed by atoms with Crippen molar-refractivity contribution in [3.8, 4) is 0 Å². The maximum absolute atomic E-state index is 14.1. The summed E-state index contributed by atoms with van der Waals surface area (Å²) in [7, 11) is -1.85. The second-order valence-corrected chi connectivity index (χ2v) is 17.5. The summed E-state index contributed by atoms with van der Waals surface area (Å²) < 4.78 is 5.74. The number of pyridine rings is 1. The van der Waals surface area contributed by atoms with Crippen molar-refractivity contribution < 1.29 is 14.3 Å². The Kier molecular flexibility index (Phi) is 9.03. The third-order valence-electron chi connectivity index (χ3n) is 6.87. The number of aryl methyl sites for hydroxylation is 1. The van der Waals surface area contributed by atoms with Crippen molar-refractivity contribution in [2.45, 2.75) is 64.8 Å². The monoisotopic (exact) mass is 558 g/mol. The van der Waals surface area contributed by atoms with E-state index < -0.39 is 19.8 Å². The summed E-state index contributed by atoms with van der Waals surface area (Å²) in [6.45, 7) is 10.2. The van der Waals surface area contributed by atoms with Gasteiger partial charge < -0.3 is 4.74 Å². The molecule has 0 radical (unpaired) electrons. The molecule has 7 heteroatoms. The number of para-hydroxylation sites is 1. The van der Waals surface area contributed by atoms with Crippen LogP contribution in [0.3, 0.4) is 0 Å². The van der Waals surface area contributed by atoms with Gasteiger partial charge in [0, 0.05) is 22.9 Å². The lowest BCUT2D eigenvalue weighted by Gasteiger charge is -2.31. The van der Waals surface area contributed by atoms with E-state index in [2.05, 4.69) is 59.9 Å². The Morgan fingerprint density at radius 1 is 0.974 bits per heavy atom. The van der Waals surface area contributed by atoms with E-state index >= 15 is 0 Å². The summed E-state index contributed by atoms with van der Waals surface area (Å²) in [5, 5.41) is 4.33. The number of anilines is 1. The number of thiophene rings is 1. The minimum atomic E-state index is -1.85. The molecule has 204 valence electrons. The molecule has 0 N–H and O–H groups in total. The van der Waals surface area contributed by atoms with Crippen molar-refractivity contribution in [3.05, 3.63) is 89.3 Å². The molecule has 0 spiro atoms. The Hall–Kier alpha value is -3.29. The molecule has 4 aromatic rings. The number of fused-ring (bicyclic) bond motifs is 1. The molecule has 0 aliphatic heterocycles. The molecule has 0 fully saturated rings. The van der Waals surface area contributed by atoms with Crippen LogP contribution in [-0.2, 0) is 16.0 Å². The third kappa shape index (κ3) is 7.64. The van der Waals surface area contributed by atoms with Gasteiger partial charge in [0.05, 0.1) is 19.3 Å². The molecule has 0 aliphatic carbocycles. The molecule has 1 atom stereocenters. The molecule has 2 amide bonds. The van der Waals surface area contributed by atoms with Gasteiger partial charge in [-0.3, -0.25) is 9.78 Å².